The number of hydrogen-bond acceptors (Lipinski definition) is 4. The molecule has 2 heterocycles. The minimum absolute atomic E-state index is 0. The molecule has 7 heteroatoms. The highest BCUT2D eigenvalue weighted by atomic mass is 35.5. The zero-order valence-corrected chi connectivity index (χ0v) is 17.5. The van der Waals surface area contributed by atoms with Crippen molar-refractivity contribution in [2.75, 3.05) is 13.2 Å². The third kappa shape index (κ3) is 6.19. The van der Waals surface area contributed by atoms with Gasteiger partial charge >= 0.3 is 0 Å². The van der Waals surface area contributed by atoms with Crippen LogP contribution in [-0.2, 0) is 27.3 Å². The van der Waals surface area contributed by atoms with Gasteiger partial charge in [-0.2, -0.15) is 0 Å². The summed E-state index contributed by atoms with van der Waals surface area (Å²) in [6.07, 6.45) is 3.38. The molecule has 0 spiro atoms. The van der Waals surface area contributed by atoms with Gasteiger partial charge in [0.25, 0.3) is 0 Å². The predicted octanol–water partition coefficient (Wildman–Crippen LogP) is 1.95. The lowest BCUT2D eigenvalue weighted by molar-refractivity contribution is -0.130. The van der Waals surface area contributed by atoms with Crippen molar-refractivity contribution in [3.63, 3.8) is 0 Å². The molecule has 1 saturated heterocycles. The van der Waals surface area contributed by atoms with Crippen LogP contribution in [0.3, 0.4) is 0 Å². The van der Waals surface area contributed by atoms with E-state index in [0.717, 1.165) is 19.4 Å². The summed E-state index contributed by atoms with van der Waals surface area (Å²) >= 11 is 0. The first-order chi connectivity index (χ1) is 13.0. The number of ether oxygens (including phenoxy) is 1. The molecule has 0 aliphatic carbocycles. The van der Waals surface area contributed by atoms with Crippen LogP contribution in [-0.4, -0.2) is 43.2 Å². The van der Waals surface area contributed by atoms with E-state index in [1.807, 2.05) is 12.1 Å². The van der Waals surface area contributed by atoms with Crippen LogP contribution in [0, 0.1) is 5.92 Å². The van der Waals surface area contributed by atoms with E-state index in [1.54, 1.807) is 0 Å². The maximum Gasteiger partial charge on any atom is 0.242 e. The van der Waals surface area contributed by atoms with Gasteiger partial charge in [-0.1, -0.05) is 38.1 Å². The molecule has 1 aromatic carbocycles. The molecular formula is C21H32ClN3O3. The summed E-state index contributed by atoms with van der Waals surface area (Å²) in [7, 11) is 0. The minimum Gasteiger partial charge on any atom is -0.376 e. The summed E-state index contributed by atoms with van der Waals surface area (Å²) in [6, 6.07) is 7.34. The smallest absolute Gasteiger partial charge is 0.242 e. The highest BCUT2D eigenvalue weighted by Crippen LogP contribution is 2.17. The Bertz CT molecular complexity index is 662. The Morgan fingerprint density at radius 2 is 2.00 bits per heavy atom. The van der Waals surface area contributed by atoms with Crippen LogP contribution in [0.2, 0.25) is 0 Å². The van der Waals surface area contributed by atoms with E-state index in [-0.39, 0.29) is 36.4 Å². The first-order valence-electron chi connectivity index (χ1n) is 10.0. The van der Waals surface area contributed by atoms with Crippen molar-refractivity contribution in [1.29, 1.82) is 0 Å². The summed E-state index contributed by atoms with van der Waals surface area (Å²) in [5.74, 6) is 0.0787. The number of nitrogens with one attached hydrogen (secondary N) is 3. The van der Waals surface area contributed by atoms with Crippen LogP contribution in [0.25, 0.3) is 0 Å². The van der Waals surface area contributed by atoms with Gasteiger partial charge < -0.3 is 20.7 Å². The van der Waals surface area contributed by atoms with E-state index in [1.165, 1.54) is 11.1 Å². The quantitative estimate of drug-likeness (QED) is 0.643. The Labute approximate surface area is 173 Å². The largest absolute Gasteiger partial charge is 0.376 e. The molecule has 0 radical (unpaired) electrons. The molecule has 2 aliphatic heterocycles. The van der Waals surface area contributed by atoms with Gasteiger partial charge in [-0.15, -0.1) is 12.4 Å². The second-order valence-electron chi connectivity index (χ2n) is 7.98. The number of halogens is 1. The van der Waals surface area contributed by atoms with Crippen molar-refractivity contribution in [3.8, 4) is 0 Å². The van der Waals surface area contributed by atoms with Gasteiger partial charge in [-0.25, -0.2) is 0 Å². The molecule has 3 atom stereocenters. The van der Waals surface area contributed by atoms with Crippen molar-refractivity contribution in [2.24, 2.45) is 5.92 Å². The van der Waals surface area contributed by atoms with Gasteiger partial charge in [0.05, 0.1) is 12.1 Å². The van der Waals surface area contributed by atoms with E-state index in [2.05, 4.69) is 41.9 Å². The fraction of sp³-hybridized carbons (Fsp3) is 0.619. The number of carbonyl (C=O) groups is 2. The fourth-order valence-electron chi connectivity index (χ4n) is 3.76. The van der Waals surface area contributed by atoms with Crippen LogP contribution in [0.1, 0.15) is 44.2 Å². The number of benzene rings is 1. The number of fused-ring (bicyclic) bond motifs is 1. The highest BCUT2D eigenvalue weighted by Gasteiger charge is 2.29. The Hall–Kier alpha value is -1.63. The summed E-state index contributed by atoms with van der Waals surface area (Å²) in [5.41, 5.74) is 2.43. The van der Waals surface area contributed by atoms with E-state index < -0.39 is 6.04 Å². The number of rotatable bonds is 7. The van der Waals surface area contributed by atoms with Crippen molar-refractivity contribution >= 4 is 24.2 Å². The van der Waals surface area contributed by atoms with Crippen molar-refractivity contribution in [1.82, 2.24) is 16.0 Å². The minimum atomic E-state index is -0.516. The summed E-state index contributed by atoms with van der Waals surface area (Å²) < 4.78 is 5.56. The fourth-order valence-corrected chi connectivity index (χ4v) is 3.76. The summed E-state index contributed by atoms with van der Waals surface area (Å²) in [4.78, 5) is 25.4. The summed E-state index contributed by atoms with van der Waals surface area (Å²) in [6.45, 7) is 6.07. The lowest BCUT2D eigenvalue weighted by Gasteiger charge is -2.28. The van der Waals surface area contributed by atoms with Crippen LogP contribution in [0.4, 0.5) is 0 Å². The first-order valence-corrected chi connectivity index (χ1v) is 10.0. The molecule has 0 saturated carbocycles. The van der Waals surface area contributed by atoms with Gasteiger partial charge in [0.1, 0.15) is 6.04 Å². The molecule has 6 nitrogen and oxygen atoms in total. The van der Waals surface area contributed by atoms with Gasteiger partial charge in [0.2, 0.25) is 11.8 Å². The van der Waals surface area contributed by atoms with Crippen LogP contribution in [0.5, 0.6) is 0 Å². The topological polar surface area (TPSA) is 79.5 Å². The molecule has 3 unspecified atom stereocenters. The molecule has 3 rings (SSSR count). The SMILES string of the molecule is CC(C)CC(NC(=O)C1Cc2ccccc2CN1)C(=O)NCC1CCCO1.Cl. The molecular weight excluding hydrogens is 378 g/mol. The second kappa shape index (κ2) is 10.8. The second-order valence-corrected chi connectivity index (χ2v) is 7.98. The van der Waals surface area contributed by atoms with Crippen LogP contribution in [0.15, 0.2) is 24.3 Å². The van der Waals surface area contributed by atoms with Gasteiger partial charge in [-0.05, 0) is 42.7 Å². The van der Waals surface area contributed by atoms with Crippen LogP contribution < -0.4 is 16.0 Å². The Morgan fingerprint density at radius 3 is 2.68 bits per heavy atom. The molecule has 0 bridgehead atoms. The first kappa shape index (κ1) is 22.7. The molecule has 0 aromatic heterocycles. The molecule has 156 valence electrons. The molecule has 2 amide bonds. The third-order valence-corrected chi connectivity index (χ3v) is 5.27. The number of carbonyl (C=O) groups excluding carboxylic acids is 2. The summed E-state index contributed by atoms with van der Waals surface area (Å²) in [5, 5.41) is 9.21. The Morgan fingerprint density at radius 1 is 1.25 bits per heavy atom. The highest BCUT2D eigenvalue weighted by molar-refractivity contribution is 5.90. The average Bonchev–Trinajstić information content (AvgIpc) is 3.18. The lowest BCUT2D eigenvalue weighted by Crippen LogP contribution is -2.55. The normalized spacial score (nSPS) is 22.1. The zero-order chi connectivity index (χ0) is 19.2. The average molecular weight is 410 g/mol. The zero-order valence-electron chi connectivity index (χ0n) is 16.7. The molecule has 1 fully saturated rings. The van der Waals surface area contributed by atoms with Gasteiger partial charge in [-0.3, -0.25) is 9.59 Å². The number of amides is 2. The molecule has 28 heavy (non-hydrogen) atoms. The monoisotopic (exact) mass is 409 g/mol. The van der Waals surface area contributed by atoms with E-state index in [9.17, 15) is 9.59 Å². The standard InChI is InChI=1S/C21H31N3O3.ClH/c1-14(2)10-19(20(25)23-13-17-8-5-9-27-17)24-21(26)18-11-15-6-3-4-7-16(15)12-22-18;/h3-4,6-7,14,17-19,22H,5,8-13H2,1-2H3,(H,23,25)(H,24,26);1H. The van der Waals surface area contributed by atoms with Gasteiger partial charge in [0, 0.05) is 19.7 Å². The third-order valence-electron chi connectivity index (χ3n) is 5.27. The number of hydrogen-bond donors (Lipinski definition) is 3. The Balaban J connectivity index is 0.00000280. The Kier molecular flexibility index (Phi) is 8.73. The van der Waals surface area contributed by atoms with Gasteiger partial charge in [0.15, 0.2) is 0 Å². The lowest BCUT2D eigenvalue weighted by atomic mass is 9.95. The molecule has 3 N–H and O–H groups in total. The van der Waals surface area contributed by atoms with Crippen LogP contribution >= 0.6 is 12.4 Å². The predicted molar refractivity (Wildman–Crippen MR) is 111 cm³/mol. The maximum absolute atomic E-state index is 12.8. The van der Waals surface area contributed by atoms with Crippen molar-refractivity contribution in [3.05, 3.63) is 35.4 Å². The van der Waals surface area contributed by atoms with Crippen molar-refractivity contribution in [2.45, 2.75) is 64.3 Å². The molecule has 2 aliphatic rings. The molecule has 1 aromatic rings. The van der Waals surface area contributed by atoms with E-state index in [4.69, 9.17) is 4.74 Å². The van der Waals surface area contributed by atoms with E-state index in [0.29, 0.717) is 31.8 Å². The van der Waals surface area contributed by atoms with E-state index >= 15 is 0 Å². The van der Waals surface area contributed by atoms with Crippen molar-refractivity contribution < 1.29 is 14.3 Å². The maximum atomic E-state index is 12.8.